The molecule has 1 atom stereocenters. The van der Waals surface area contributed by atoms with Crippen molar-refractivity contribution in [1.29, 1.82) is 0 Å². The molecule has 0 bridgehead atoms. The largest absolute Gasteiger partial charge is 0.383 e. The molecular weight excluding hydrogens is 236 g/mol. The van der Waals surface area contributed by atoms with Gasteiger partial charge in [0.1, 0.15) is 0 Å². The van der Waals surface area contributed by atoms with Crippen molar-refractivity contribution in [1.82, 2.24) is 10.2 Å². The van der Waals surface area contributed by atoms with Gasteiger partial charge >= 0.3 is 0 Å². The lowest BCUT2D eigenvalue weighted by Crippen LogP contribution is -2.47. The minimum Gasteiger partial charge on any atom is -0.383 e. The Bertz CT molecular complexity index is 259. The van der Waals surface area contributed by atoms with Crippen LogP contribution in [0.25, 0.3) is 0 Å². The molecule has 112 valence electrons. The molecule has 0 saturated heterocycles. The molecule has 19 heavy (non-hydrogen) atoms. The SMILES string of the molecule is CNCC1(CN(CCOC)C(C)C2CC2)CCCC1. The Hall–Kier alpha value is -0.120. The van der Waals surface area contributed by atoms with Gasteiger partial charge in [-0.2, -0.15) is 0 Å². The van der Waals surface area contributed by atoms with Crippen molar-refractivity contribution in [2.45, 2.75) is 51.5 Å². The molecule has 3 nitrogen and oxygen atoms in total. The van der Waals surface area contributed by atoms with E-state index < -0.39 is 0 Å². The molecule has 0 aliphatic heterocycles. The smallest absolute Gasteiger partial charge is 0.0589 e. The summed E-state index contributed by atoms with van der Waals surface area (Å²) < 4.78 is 5.32. The quantitative estimate of drug-likeness (QED) is 0.695. The zero-order valence-corrected chi connectivity index (χ0v) is 13.1. The molecule has 0 aromatic rings. The highest BCUT2D eigenvalue weighted by Gasteiger charge is 2.39. The summed E-state index contributed by atoms with van der Waals surface area (Å²) in [7, 11) is 3.92. The maximum Gasteiger partial charge on any atom is 0.0589 e. The maximum atomic E-state index is 5.32. The van der Waals surface area contributed by atoms with Crippen LogP contribution in [0.2, 0.25) is 0 Å². The predicted molar refractivity (Wildman–Crippen MR) is 80.5 cm³/mol. The van der Waals surface area contributed by atoms with Gasteiger partial charge in [-0.3, -0.25) is 4.90 Å². The maximum absolute atomic E-state index is 5.32. The van der Waals surface area contributed by atoms with Gasteiger partial charge in [-0.25, -0.2) is 0 Å². The second-order valence-electron chi connectivity index (χ2n) is 6.78. The van der Waals surface area contributed by atoms with Gasteiger partial charge in [-0.15, -0.1) is 0 Å². The van der Waals surface area contributed by atoms with Crippen LogP contribution in [0.5, 0.6) is 0 Å². The van der Waals surface area contributed by atoms with Crippen LogP contribution < -0.4 is 5.32 Å². The van der Waals surface area contributed by atoms with Crippen LogP contribution >= 0.6 is 0 Å². The molecule has 2 aliphatic rings. The van der Waals surface area contributed by atoms with Gasteiger partial charge in [0.05, 0.1) is 6.61 Å². The fourth-order valence-electron chi connectivity index (χ4n) is 3.83. The van der Waals surface area contributed by atoms with Crippen LogP contribution in [0.3, 0.4) is 0 Å². The Morgan fingerprint density at radius 1 is 1.32 bits per heavy atom. The molecule has 0 amide bonds. The zero-order valence-electron chi connectivity index (χ0n) is 13.1. The van der Waals surface area contributed by atoms with E-state index in [-0.39, 0.29) is 0 Å². The normalized spacial score (nSPS) is 24.0. The van der Waals surface area contributed by atoms with E-state index in [9.17, 15) is 0 Å². The fourth-order valence-corrected chi connectivity index (χ4v) is 3.83. The molecule has 0 heterocycles. The Morgan fingerprint density at radius 2 is 2.00 bits per heavy atom. The van der Waals surface area contributed by atoms with E-state index in [4.69, 9.17) is 4.74 Å². The number of ether oxygens (including phenoxy) is 1. The Labute approximate surface area is 119 Å². The molecular formula is C16H32N2O. The summed E-state index contributed by atoms with van der Waals surface area (Å²) in [5.74, 6) is 0.949. The number of rotatable bonds is 9. The van der Waals surface area contributed by atoms with Gasteiger partial charge in [-0.1, -0.05) is 12.8 Å². The first kappa shape index (κ1) is 15.3. The average Bonchev–Trinajstić information content (AvgIpc) is 3.16. The third kappa shape index (κ3) is 4.17. The van der Waals surface area contributed by atoms with Gasteiger partial charge in [-0.05, 0) is 51.0 Å². The Balaban J connectivity index is 1.95. The van der Waals surface area contributed by atoms with E-state index in [2.05, 4.69) is 24.2 Å². The van der Waals surface area contributed by atoms with E-state index in [0.717, 1.165) is 25.1 Å². The van der Waals surface area contributed by atoms with E-state index in [0.29, 0.717) is 5.41 Å². The van der Waals surface area contributed by atoms with Gasteiger partial charge in [0.15, 0.2) is 0 Å². The average molecular weight is 268 g/mol. The molecule has 2 saturated carbocycles. The fraction of sp³-hybridized carbons (Fsp3) is 1.00. The number of nitrogens with zero attached hydrogens (tertiary/aromatic N) is 1. The molecule has 2 fully saturated rings. The summed E-state index contributed by atoms with van der Waals surface area (Å²) in [6, 6.07) is 0.740. The van der Waals surface area contributed by atoms with Gasteiger partial charge in [0.2, 0.25) is 0 Å². The summed E-state index contributed by atoms with van der Waals surface area (Å²) in [5, 5.41) is 3.44. The van der Waals surface area contributed by atoms with Gasteiger partial charge < -0.3 is 10.1 Å². The van der Waals surface area contributed by atoms with Crippen LogP contribution in [0.15, 0.2) is 0 Å². The van der Waals surface area contributed by atoms with Crippen molar-refractivity contribution < 1.29 is 4.74 Å². The minimum absolute atomic E-state index is 0.519. The van der Waals surface area contributed by atoms with Crippen molar-refractivity contribution in [2.75, 3.05) is 40.4 Å². The zero-order chi connectivity index (χ0) is 13.7. The molecule has 0 radical (unpaired) electrons. The highest BCUT2D eigenvalue weighted by Crippen LogP contribution is 2.41. The molecule has 0 aromatic carbocycles. The molecule has 1 unspecified atom stereocenters. The molecule has 2 aliphatic carbocycles. The van der Waals surface area contributed by atoms with E-state index in [1.165, 1.54) is 51.6 Å². The van der Waals surface area contributed by atoms with E-state index in [1.807, 2.05) is 7.11 Å². The third-order valence-corrected chi connectivity index (χ3v) is 5.22. The van der Waals surface area contributed by atoms with Crippen LogP contribution in [-0.4, -0.2) is 51.3 Å². The summed E-state index contributed by atoms with van der Waals surface area (Å²) in [4.78, 5) is 2.71. The summed E-state index contributed by atoms with van der Waals surface area (Å²) in [6.45, 7) is 6.82. The molecule has 0 spiro atoms. The van der Waals surface area contributed by atoms with Crippen molar-refractivity contribution >= 4 is 0 Å². The first-order chi connectivity index (χ1) is 9.21. The Morgan fingerprint density at radius 3 is 2.53 bits per heavy atom. The lowest BCUT2D eigenvalue weighted by Gasteiger charge is -2.38. The standard InChI is InChI=1S/C16H32N2O/c1-14(15-6-7-15)18(10-11-19-3)13-16(12-17-2)8-4-5-9-16/h14-15,17H,4-13H2,1-3H3. The number of nitrogens with one attached hydrogen (secondary N) is 1. The minimum atomic E-state index is 0.519. The first-order valence-electron chi connectivity index (χ1n) is 8.08. The lowest BCUT2D eigenvalue weighted by molar-refractivity contribution is 0.0732. The summed E-state index contributed by atoms with van der Waals surface area (Å²) in [5.41, 5.74) is 0.519. The number of hydrogen-bond donors (Lipinski definition) is 1. The Kier molecular flexibility index (Phi) is 5.67. The van der Waals surface area contributed by atoms with Crippen molar-refractivity contribution in [3.63, 3.8) is 0 Å². The molecule has 1 N–H and O–H groups in total. The lowest BCUT2D eigenvalue weighted by atomic mass is 9.85. The number of hydrogen-bond acceptors (Lipinski definition) is 3. The first-order valence-corrected chi connectivity index (χ1v) is 8.08. The van der Waals surface area contributed by atoms with Gasteiger partial charge in [0.25, 0.3) is 0 Å². The molecule has 0 aromatic heterocycles. The van der Waals surface area contributed by atoms with E-state index in [1.54, 1.807) is 0 Å². The van der Waals surface area contributed by atoms with Gasteiger partial charge in [0, 0.05) is 32.8 Å². The third-order valence-electron chi connectivity index (χ3n) is 5.22. The van der Waals surface area contributed by atoms with Crippen LogP contribution in [0, 0.1) is 11.3 Å². The molecule has 3 heteroatoms. The predicted octanol–water partition coefficient (Wildman–Crippen LogP) is 2.51. The number of methoxy groups -OCH3 is 1. The summed E-state index contributed by atoms with van der Waals surface area (Å²) >= 11 is 0. The topological polar surface area (TPSA) is 24.5 Å². The highest BCUT2D eigenvalue weighted by molar-refractivity contribution is 4.93. The second kappa shape index (κ2) is 7.05. The van der Waals surface area contributed by atoms with Crippen LogP contribution in [-0.2, 0) is 4.74 Å². The summed E-state index contributed by atoms with van der Waals surface area (Å²) in [6.07, 6.45) is 8.49. The van der Waals surface area contributed by atoms with Crippen molar-refractivity contribution in [3.05, 3.63) is 0 Å². The molecule has 2 rings (SSSR count). The monoisotopic (exact) mass is 268 g/mol. The van der Waals surface area contributed by atoms with Crippen molar-refractivity contribution in [3.8, 4) is 0 Å². The second-order valence-corrected chi connectivity index (χ2v) is 6.78. The van der Waals surface area contributed by atoms with E-state index >= 15 is 0 Å². The highest BCUT2D eigenvalue weighted by atomic mass is 16.5. The van der Waals surface area contributed by atoms with Crippen molar-refractivity contribution in [2.24, 2.45) is 11.3 Å². The van der Waals surface area contributed by atoms with Crippen LogP contribution in [0.4, 0.5) is 0 Å². The van der Waals surface area contributed by atoms with Crippen LogP contribution in [0.1, 0.15) is 45.4 Å².